The molecule has 0 bridgehead atoms. The van der Waals surface area contributed by atoms with Crippen LogP contribution in [-0.2, 0) is 11.2 Å². The average molecular weight is 246 g/mol. The molecule has 1 N–H and O–H groups in total. The Morgan fingerprint density at radius 1 is 1.44 bits per heavy atom. The van der Waals surface area contributed by atoms with Crippen molar-refractivity contribution in [3.63, 3.8) is 0 Å². The summed E-state index contributed by atoms with van der Waals surface area (Å²) in [5.74, 6) is 1.16. The van der Waals surface area contributed by atoms with Crippen LogP contribution in [0, 0.1) is 5.92 Å². The molecule has 1 aromatic heterocycles. The highest BCUT2D eigenvalue weighted by Crippen LogP contribution is 2.38. The molecule has 1 fully saturated rings. The van der Waals surface area contributed by atoms with E-state index in [1.54, 1.807) is 0 Å². The second-order valence-electron chi connectivity index (χ2n) is 5.61. The maximum atomic E-state index is 5.96. The fourth-order valence-electron chi connectivity index (χ4n) is 3.56. The molecule has 98 valence electrons. The molecule has 1 aliphatic heterocycles. The number of hydrogen-bond acceptors (Lipinski definition) is 3. The van der Waals surface area contributed by atoms with Gasteiger partial charge in [0, 0.05) is 30.5 Å². The lowest BCUT2D eigenvalue weighted by atomic mass is 9.87. The van der Waals surface area contributed by atoms with Crippen LogP contribution in [0.15, 0.2) is 18.3 Å². The molecule has 1 saturated heterocycles. The van der Waals surface area contributed by atoms with Gasteiger partial charge in [0.15, 0.2) is 0 Å². The number of aryl methyl sites for hydroxylation is 1. The van der Waals surface area contributed by atoms with E-state index in [1.165, 1.54) is 24.1 Å². The Balaban J connectivity index is 1.85. The molecule has 1 aromatic rings. The van der Waals surface area contributed by atoms with E-state index in [-0.39, 0.29) is 0 Å². The first-order chi connectivity index (χ1) is 8.81. The molecule has 0 saturated carbocycles. The standard InChI is InChI=1S/C15H22N2O/c1-10-7-9-18-15(10)14(16-2)12-6-5-11-4-3-8-17-13(11)12/h3-4,8,10,12,14-16H,5-7,9H2,1-2H3. The summed E-state index contributed by atoms with van der Waals surface area (Å²) >= 11 is 0. The minimum absolute atomic E-state index is 0.341. The highest BCUT2D eigenvalue weighted by atomic mass is 16.5. The second-order valence-corrected chi connectivity index (χ2v) is 5.61. The maximum absolute atomic E-state index is 5.96. The summed E-state index contributed by atoms with van der Waals surface area (Å²) in [7, 11) is 2.06. The van der Waals surface area contributed by atoms with Crippen LogP contribution in [0.2, 0.25) is 0 Å². The van der Waals surface area contributed by atoms with Crippen LogP contribution < -0.4 is 5.32 Å². The summed E-state index contributed by atoms with van der Waals surface area (Å²) in [5.41, 5.74) is 2.72. The average Bonchev–Trinajstić information content (AvgIpc) is 2.99. The molecule has 0 spiro atoms. The smallest absolute Gasteiger partial charge is 0.0760 e. The maximum Gasteiger partial charge on any atom is 0.0760 e. The van der Waals surface area contributed by atoms with E-state index >= 15 is 0 Å². The Bertz CT molecular complexity index is 421. The molecule has 1 aliphatic carbocycles. The van der Waals surface area contributed by atoms with E-state index in [0.717, 1.165) is 13.0 Å². The predicted molar refractivity (Wildman–Crippen MR) is 71.7 cm³/mol. The lowest BCUT2D eigenvalue weighted by Crippen LogP contribution is -2.44. The number of fused-ring (bicyclic) bond motifs is 1. The van der Waals surface area contributed by atoms with E-state index in [1.807, 2.05) is 12.3 Å². The van der Waals surface area contributed by atoms with Crippen molar-refractivity contribution in [3.05, 3.63) is 29.6 Å². The number of hydrogen-bond donors (Lipinski definition) is 1. The first kappa shape index (κ1) is 12.1. The van der Waals surface area contributed by atoms with Crippen molar-refractivity contribution >= 4 is 0 Å². The summed E-state index contributed by atoms with van der Waals surface area (Å²) in [6.45, 7) is 3.21. The summed E-state index contributed by atoms with van der Waals surface area (Å²) in [6.07, 6.45) is 5.80. The molecule has 4 unspecified atom stereocenters. The Hall–Kier alpha value is -0.930. The van der Waals surface area contributed by atoms with Gasteiger partial charge in [-0.05, 0) is 43.9 Å². The van der Waals surface area contributed by atoms with E-state index < -0.39 is 0 Å². The molecule has 3 rings (SSSR count). The normalized spacial score (nSPS) is 32.4. The van der Waals surface area contributed by atoms with Gasteiger partial charge in [-0.3, -0.25) is 4.98 Å². The number of nitrogens with one attached hydrogen (secondary N) is 1. The van der Waals surface area contributed by atoms with Crippen molar-refractivity contribution in [2.45, 2.75) is 44.2 Å². The SMILES string of the molecule is CNC(C1CCc2cccnc21)C1OCCC1C. The van der Waals surface area contributed by atoms with Crippen LogP contribution in [0.1, 0.15) is 36.9 Å². The van der Waals surface area contributed by atoms with Gasteiger partial charge in [0.05, 0.1) is 6.10 Å². The van der Waals surface area contributed by atoms with Crippen LogP contribution in [0.3, 0.4) is 0 Å². The molecular weight excluding hydrogens is 224 g/mol. The Morgan fingerprint density at radius 2 is 2.33 bits per heavy atom. The van der Waals surface area contributed by atoms with Crippen LogP contribution >= 0.6 is 0 Å². The number of likely N-dealkylation sites (N-methyl/N-ethyl adjacent to an activating group) is 1. The van der Waals surface area contributed by atoms with Crippen molar-refractivity contribution in [2.75, 3.05) is 13.7 Å². The number of nitrogens with zero attached hydrogens (tertiary/aromatic N) is 1. The fourth-order valence-corrected chi connectivity index (χ4v) is 3.56. The van der Waals surface area contributed by atoms with E-state index in [9.17, 15) is 0 Å². The Morgan fingerprint density at radius 3 is 3.06 bits per heavy atom. The van der Waals surface area contributed by atoms with Crippen molar-refractivity contribution in [3.8, 4) is 0 Å². The third-order valence-corrected chi connectivity index (χ3v) is 4.57. The minimum atomic E-state index is 0.341. The summed E-state index contributed by atoms with van der Waals surface area (Å²) in [5, 5.41) is 3.49. The van der Waals surface area contributed by atoms with Crippen molar-refractivity contribution in [1.82, 2.24) is 10.3 Å². The van der Waals surface area contributed by atoms with Gasteiger partial charge in [-0.25, -0.2) is 0 Å². The monoisotopic (exact) mass is 246 g/mol. The molecular formula is C15H22N2O. The highest BCUT2D eigenvalue weighted by Gasteiger charge is 2.39. The van der Waals surface area contributed by atoms with Gasteiger partial charge in [-0.15, -0.1) is 0 Å². The van der Waals surface area contributed by atoms with E-state index in [4.69, 9.17) is 4.74 Å². The Kier molecular flexibility index (Phi) is 3.35. The second kappa shape index (κ2) is 4.98. The number of aromatic nitrogens is 1. The molecule has 0 amide bonds. The van der Waals surface area contributed by atoms with Gasteiger partial charge in [0.1, 0.15) is 0 Å². The Labute approximate surface area is 109 Å². The molecule has 0 aromatic carbocycles. The fraction of sp³-hybridized carbons (Fsp3) is 0.667. The van der Waals surface area contributed by atoms with Crippen LogP contribution in [0.4, 0.5) is 0 Å². The van der Waals surface area contributed by atoms with Crippen molar-refractivity contribution < 1.29 is 4.74 Å². The molecule has 2 aliphatic rings. The summed E-state index contributed by atoms with van der Waals surface area (Å²) in [4.78, 5) is 4.61. The predicted octanol–water partition coefficient (Wildman–Crippen LogP) is 2.12. The minimum Gasteiger partial charge on any atom is -0.376 e. The molecule has 3 nitrogen and oxygen atoms in total. The van der Waals surface area contributed by atoms with Gasteiger partial charge in [-0.2, -0.15) is 0 Å². The quantitative estimate of drug-likeness (QED) is 0.887. The largest absolute Gasteiger partial charge is 0.376 e. The van der Waals surface area contributed by atoms with Gasteiger partial charge in [-0.1, -0.05) is 13.0 Å². The third-order valence-electron chi connectivity index (χ3n) is 4.57. The zero-order chi connectivity index (χ0) is 12.5. The van der Waals surface area contributed by atoms with E-state index in [2.05, 4.69) is 30.3 Å². The zero-order valence-electron chi connectivity index (χ0n) is 11.2. The van der Waals surface area contributed by atoms with Gasteiger partial charge in [0.2, 0.25) is 0 Å². The number of pyridine rings is 1. The van der Waals surface area contributed by atoms with Crippen molar-refractivity contribution in [2.24, 2.45) is 5.92 Å². The zero-order valence-corrected chi connectivity index (χ0v) is 11.2. The van der Waals surface area contributed by atoms with Crippen LogP contribution in [-0.4, -0.2) is 30.8 Å². The molecule has 4 atom stereocenters. The summed E-state index contributed by atoms with van der Waals surface area (Å²) < 4.78 is 5.96. The first-order valence-electron chi connectivity index (χ1n) is 7.04. The lowest BCUT2D eigenvalue weighted by molar-refractivity contribution is 0.0541. The van der Waals surface area contributed by atoms with E-state index in [0.29, 0.717) is 24.0 Å². The topological polar surface area (TPSA) is 34.2 Å². The van der Waals surface area contributed by atoms with Gasteiger partial charge < -0.3 is 10.1 Å². The van der Waals surface area contributed by atoms with Crippen molar-refractivity contribution in [1.29, 1.82) is 0 Å². The first-order valence-corrected chi connectivity index (χ1v) is 7.04. The summed E-state index contributed by atoms with van der Waals surface area (Å²) in [6, 6.07) is 4.66. The molecule has 2 heterocycles. The van der Waals surface area contributed by atoms with Crippen LogP contribution in [0.5, 0.6) is 0 Å². The highest BCUT2D eigenvalue weighted by molar-refractivity contribution is 5.30. The van der Waals surface area contributed by atoms with Crippen LogP contribution in [0.25, 0.3) is 0 Å². The number of ether oxygens (including phenoxy) is 1. The molecule has 18 heavy (non-hydrogen) atoms. The number of rotatable bonds is 3. The van der Waals surface area contributed by atoms with Gasteiger partial charge in [0.25, 0.3) is 0 Å². The van der Waals surface area contributed by atoms with Gasteiger partial charge >= 0.3 is 0 Å². The lowest BCUT2D eigenvalue weighted by Gasteiger charge is -2.30. The third kappa shape index (κ3) is 1.95. The molecule has 0 radical (unpaired) electrons. The molecule has 3 heteroatoms.